The fourth-order valence-corrected chi connectivity index (χ4v) is 3.88. The first-order valence-corrected chi connectivity index (χ1v) is 10.3. The third kappa shape index (κ3) is 5.32. The molecule has 1 N–H and O–H groups in total. The summed E-state index contributed by atoms with van der Waals surface area (Å²) in [5.74, 6) is 1.39. The molecule has 1 aromatic carbocycles. The summed E-state index contributed by atoms with van der Waals surface area (Å²) in [4.78, 5) is 20.0. The molecule has 5 nitrogen and oxygen atoms in total. The molecule has 0 spiro atoms. The quantitative estimate of drug-likeness (QED) is 0.758. The number of aromatic nitrogens is 1. The SMILES string of the molecule is CC(C)C(c1ccccn1)N(CCOc1ccccc1)C(=O)C1CCNCC1. The van der Waals surface area contributed by atoms with Crippen molar-refractivity contribution in [2.75, 3.05) is 26.2 Å². The molecule has 1 fully saturated rings. The molecule has 28 heavy (non-hydrogen) atoms. The van der Waals surface area contributed by atoms with E-state index in [-0.39, 0.29) is 23.8 Å². The molecule has 0 aliphatic carbocycles. The maximum Gasteiger partial charge on any atom is 0.226 e. The van der Waals surface area contributed by atoms with Crippen molar-refractivity contribution in [3.63, 3.8) is 0 Å². The molecule has 1 atom stereocenters. The van der Waals surface area contributed by atoms with Crippen molar-refractivity contribution in [1.82, 2.24) is 15.2 Å². The lowest BCUT2D eigenvalue weighted by molar-refractivity contribution is -0.140. The van der Waals surface area contributed by atoms with Crippen LogP contribution in [0.25, 0.3) is 0 Å². The van der Waals surface area contributed by atoms with E-state index >= 15 is 0 Å². The molecule has 1 aliphatic rings. The van der Waals surface area contributed by atoms with Gasteiger partial charge in [-0.3, -0.25) is 9.78 Å². The Balaban J connectivity index is 1.78. The normalized spacial score (nSPS) is 16.0. The van der Waals surface area contributed by atoms with Crippen LogP contribution >= 0.6 is 0 Å². The number of rotatable bonds is 8. The molecule has 1 aromatic heterocycles. The molecule has 150 valence electrons. The third-order valence-corrected chi connectivity index (χ3v) is 5.27. The zero-order valence-corrected chi connectivity index (χ0v) is 16.9. The van der Waals surface area contributed by atoms with E-state index in [1.807, 2.05) is 53.4 Å². The lowest BCUT2D eigenvalue weighted by atomic mass is 9.92. The van der Waals surface area contributed by atoms with Gasteiger partial charge in [-0.15, -0.1) is 0 Å². The summed E-state index contributed by atoms with van der Waals surface area (Å²) in [6.45, 7) is 7.13. The Morgan fingerprint density at radius 2 is 1.86 bits per heavy atom. The summed E-state index contributed by atoms with van der Waals surface area (Å²) < 4.78 is 5.91. The Bertz CT molecular complexity index is 715. The summed E-state index contributed by atoms with van der Waals surface area (Å²) in [6, 6.07) is 15.6. The molecular formula is C23H31N3O2. The van der Waals surface area contributed by atoms with Crippen molar-refractivity contribution in [3.05, 3.63) is 60.4 Å². The van der Waals surface area contributed by atoms with Gasteiger partial charge in [0.2, 0.25) is 5.91 Å². The highest BCUT2D eigenvalue weighted by molar-refractivity contribution is 5.79. The average Bonchev–Trinajstić information content (AvgIpc) is 2.74. The Labute approximate surface area is 168 Å². The minimum atomic E-state index is -0.0528. The minimum Gasteiger partial charge on any atom is -0.492 e. The average molecular weight is 382 g/mol. The number of benzene rings is 1. The molecule has 2 aromatic rings. The van der Waals surface area contributed by atoms with Crippen LogP contribution in [0.4, 0.5) is 0 Å². The van der Waals surface area contributed by atoms with Crippen molar-refractivity contribution in [2.24, 2.45) is 11.8 Å². The molecular weight excluding hydrogens is 350 g/mol. The van der Waals surface area contributed by atoms with Crippen molar-refractivity contribution in [1.29, 1.82) is 0 Å². The molecule has 1 aliphatic heterocycles. The largest absolute Gasteiger partial charge is 0.492 e. The zero-order valence-electron chi connectivity index (χ0n) is 16.9. The van der Waals surface area contributed by atoms with Gasteiger partial charge in [-0.1, -0.05) is 38.1 Å². The number of pyridine rings is 1. The van der Waals surface area contributed by atoms with E-state index in [9.17, 15) is 4.79 Å². The van der Waals surface area contributed by atoms with E-state index in [2.05, 4.69) is 24.1 Å². The van der Waals surface area contributed by atoms with Crippen LogP contribution in [0.5, 0.6) is 5.75 Å². The van der Waals surface area contributed by atoms with Gasteiger partial charge in [-0.25, -0.2) is 0 Å². The standard InChI is InChI=1S/C23H31N3O2/c1-18(2)22(21-10-6-7-13-25-21)26(23(27)19-11-14-24-15-12-19)16-17-28-20-8-4-3-5-9-20/h3-10,13,18-19,22,24H,11-12,14-17H2,1-2H3. The monoisotopic (exact) mass is 381 g/mol. The molecule has 5 heteroatoms. The second kappa shape index (κ2) is 10.2. The van der Waals surface area contributed by atoms with Crippen LogP contribution in [0, 0.1) is 11.8 Å². The summed E-state index contributed by atoms with van der Waals surface area (Å²) >= 11 is 0. The molecule has 3 rings (SSSR count). The lowest BCUT2D eigenvalue weighted by Gasteiger charge is -2.37. The number of hydrogen-bond acceptors (Lipinski definition) is 4. The van der Waals surface area contributed by atoms with Gasteiger partial charge in [-0.2, -0.15) is 0 Å². The fourth-order valence-electron chi connectivity index (χ4n) is 3.88. The first kappa shape index (κ1) is 20.3. The lowest BCUT2D eigenvalue weighted by Crippen LogP contribution is -2.46. The van der Waals surface area contributed by atoms with Crippen LogP contribution in [-0.4, -0.2) is 42.0 Å². The third-order valence-electron chi connectivity index (χ3n) is 5.27. The van der Waals surface area contributed by atoms with Crippen molar-refractivity contribution in [3.8, 4) is 5.75 Å². The topological polar surface area (TPSA) is 54.5 Å². The highest BCUT2D eigenvalue weighted by atomic mass is 16.5. The number of nitrogens with one attached hydrogen (secondary N) is 1. The predicted octanol–water partition coefficient (Wildman–Crippen LogP) is 3.69. The molecule has 1 saturated heterocycles. The molecule has 0 saturated carbocycles. The Hall–Kier alpha value is -2.40. The number of carbonyl (C=O) groups excluding carboxylic acids is 1. The maximum absolute atomic E-state index is 13.5. The van der Waals surface area contributed by atoms with Crippen LogP contribution in [-0.2, 0) is 4.79 Å². The van der Waals surface area contributed by atoms with E-state index in [0.29, 0.717) is 13.2 Å². The van der Waals surface area contributed by atoms with E-state index < -0.39 is 0 Å². The maximum atomic E-state index is 13.5. The first-order valence-electron chi connectivity index (χ1n) is 10.3. The number of ether oxygens (including phenoxy) is 1. The first-order chi connectivity index (χ1) is 13.7. The molecule has 0 radical (unpaired) electrons. The van der Waals surface area contributed by atoms with Gasteiger partial charge in [0.25, 0.3) is 0 Å². The predicted molar refractivity (Wildman–Crippen MR) is 111 cm³/mol. The van der Waals surface area contributed by atoms with Crippen molar-refractivity contribution < 1.29 is 9.53 Å². The Morgan fingerprint density at radius 3 is 2.50 bits per heavy atom. The summed E-state index contributed by atoms with van der Waals surface area (Å²) in [5.41, 5.74) is 0.944. The van der Waals surface area contributed by atoms with Crippen LogP contribution < -0.4 is 10.1 Å². The number of carbonyl (C=O) groups is 1. The minimum absolute atomic E-state index is 0.0528. The highest BCUT2D eigenvalue weighted by Gasteiger charge is 2.33. The molecule has 1 unspecified atom stereocenters. The summed E-state index contributed by atoms with van der Waals surface area (Å²) in [6.07, 6.45) is 3.59. The van der Waals surface area contributed by atoms with E-state index in [4.69, 9.17) is 4.74 Å². The molecule has 0 bridgehead atoms. The number of amides is 1. The summed E-state index contributed by atoms with van der Waals surface area (Å²) in [5, 5.41) is 3.35. The highest BCUT2D eigenvalue weighted by Crippen LogP contribution is 2.30. The van der Waals surface area contributed by atoms with Crippen LogP contribution in [0.2, 0.25) is 0 Å². The number of nitrogens with zero attached hydrogens (tertiary/aromatic N) is 2. The summed E-state index contributed by atoms with van der Waals surface area (Å²) in [7, 11) is 0. The zero-order chi connectivity index (χ0) is 19.8. The van der Waals surface area contributed by atoms with Gasteiger partial charge in [0, 0.05) is 12.1 Å². The van der Waals surface area contributed by atoms with E-state index in [0.717, 1.165) is 37.4 Å². The van der Waals surface area contributed by atoms with Crippen LogP contribution in [0.15, 0.2) is 54.7 Å². The number of para-hydroxylation sites is 1. The van der Waals surface area contributed by atoms with E-state index in [1.54, 1.807) is 6.20 Å². The van der Waals surface area contributed by atoms with Gasteiger partial charge in [0.1, 0.15) is 12.4 Å². The number of hydrogen-bond donors (Lipinski definition) is 1. The van der Waals surface area contributed by atoms with Gasteiger partial charge >= 0.3 is 0 Å². The number of piperidine rings is 1. The Kier molecular flexibility index (Phi) is 7.43. The fraction of sp³-hybridized carbons (Fsp3) is 0.478. The van der Waals surface area contributed by atoms with Gasteiger partial charge in [0.15, 0.2) is 0 Å². The Morgan fingerprint density at radius 1 is 1.14 bits per heavy atom. The van der Waals surface area contributed by atoms with Crippen molar-refractivity contribution in [2.45, 2.75) is 32.7 Å². The van der Waals surface area contributed by atoms with Crippen LogP contribution in [0.1, 0.15) is 38.4 Å². The smallest absolute Gasteiger partial charge is 0.226 e. The van der Waals surface area contributed by atoms with Gasteiger partial charge in [0.05, 0.1) is 18.3 Å². The molecule has 1 amide bonds. The van der Waals surface area contributed by atoms with Gasteiger partial charge in [-0.05, 0) is 56.1 Å². The van der Waals surface area contributed by atoms with Crippen LogP contribution in [0.3, 0.4) is 0 Å². The second-order valence-corrected chi connectivity index (χ2v) is 7.66. The van der Waals surface area contributed by atoms with Crippen molar-refractivity contribution >= 4 is 5.91 Å². The second-order valence-electron chi connectivity index (χ2n) is 7.66. The molecule has 2 heterocycles. The van der Waals surface area contributed by atoms with Gasteiger partial charge < -0.3 is 15.0 Å². The van der Waals surface area contributed by atoms with E-state index in [1.165, 1.54) is 0 Å².